The van der Waals surface area contributed by atoms with E-state index in [1.807, 2.05) is 37.3 Å². The van der Waals surface area contributed by atoms with E-state index in [9.17, 15) is 0 Å². The summed E-state index contributed by atoms with van der Waals surface area (Å²) in [6.07, 6.45) is 0. The largest absolute Gasteiger partial charge is 0.497 e. The molecule has 0 saturated carbocycles. The fourth-order valence-electron chi connectivity index (χ4n) is 2.01. The van der Waals surface area contributed by atoms with Gasteiger partial charge in [-0.25, -0.2) is 9.97 Å². The predicted octanol–water partition coefficient (Wildman–Crippen LogP) is 3.60. The molecule has 1 N–H and O–H groups in total. The fraction of sp³-hybridized carbons (Fsp3) is 0.143. The number of fused-ring (bicyclic) bond motifs is 1. The van der Waals surface area contributed by atoms with Crippen molar-refractivity contribution in [3.63, 3.8) is 0 Å². The second kappa shape index (κ2) is 4.55. The molecule has 4 nitrogen and oxygen atoms in total. The van der Waals surface area contributed by atoms with E-state index < -0.39 is 0 Å². The van der Waals surface area contributed by atoms with Gasteiger partial charge in [-0.1, -0.05) is 11.6 Å². The molecule has 3 rings (SSSR count). The number of nitrogens with one attached hydrogen (secondary N) is 1. The Morgan fingerprint density at radius 1 is 1.16 bits per heavy atom. The number of aryl methyl sites for hydroxylation is 1. The summed E-state index contributed by atoms with van der Waals surface area (Å²) in [7, 11) is 1.65. The second-order valence-corrected chi connectivity index (χ2v) is 4.59. The molecule has 0 aliphatic carbocycles. The van der Waals surface area contributed by atoms with Crippen LogP contribution in [0.4, 0.5) is 0 Å². The lowest BCUT2D eigenvalue weighted by atomic mass is 10.1. The van der Waals surface area contributed by atoms with E-state index >= 15 is 0 Å². The maximum absolute atomic E-state index is 6.11. The third kappa shape index (κ3) is 2.15. The highest BCUT2D eigenvalue weighted by atomic mass is 35.5. The van der Waals surface area contributed by atoms with Gasteiger partial charge in [-0.15, -0.1) is 0 Å². The number of halogens is 1. The van der Waals surface area contributed by atoms with Crippen LogP contribution in [0.25, 0.3) is 22.3 Å². The van der Waals surface area contributed by atoms with Gasteiger partial charge in [-0.05, 0) is 42.8 Å². The third-order valence-electron chi connectivity index (χ3n) is 2.95. The minimum atomic E-state index is 0.447. The van der Waals surface area contributed by atoms with E-state index in [0.717, 1.165) is 28.0 Å². The molecule has 96 valence electrons. The van der Waals surface area contributed by atoms with Gasteiger partial charge < -0.3 is 9.72 Å². The van der Waals surface area contributed by atoms with Gasteiger partial charge in [-0.3, -0.25) is 0 Å². The van der Waals surface area contributed by atoms with E-state index in [-0.39, 0.29) is 0 Å². The molecule has 0 fully saturated rings. The molecule has 0 unspecified atom stereocenters. The lowest BCUT2D eigenvalue weighted by Crippen LogP contribution is -1.87. The van der Waals surface area contributed by atoms with Gasteiger partial charge in [0.1, 0.15) is 17.1 Å². The average molecular weight is 274 g/mol. The molecule has 19 heavy (non-hydrogen) atoms. The van der Waals surface area contributed by atoms with Crippen molar-refractivity contribution < 1.29 is 4.74 Å². The van der Waals surface area contributed by atoms with Crippen LogP contribution in [0.2, 0.25) is 5.15 Å². The normalized spacial score (nSPS) is 10.9. The van der Waals surface area contributed by atoms with E-state index in [2.05, 4.69) is 15.0 Å². The minimum Gasteiger partial charge on any atom is -0.497 e. The summed E-state index contributed by atoms with van der Waals surface area (Å²) in [4.78, 5) is 11.8. The summed E-state index contributed by atoms with van der Waals surface area (Å²) in [5.41, 5.74) is 3.59. The number of benzene rings is 1. The highest BCUT2D eigenvalue weighted by molar-refractivity contribution is 6.33. The predicted molar refractivity (Wildman–Crippen MR) is 75.6 cm³/mol. The number of hydrogen-bond acceptors (Lipinski definition) is 3. The summed E-state index contributed by atoms with van der Waals surface area (Å²) >= 11 is 6.11. The van der Waals surface area contributed by atoms with Gasteiger partial charge in [0.15, 0.2) is 5.15 Å². The smallest absolute Gasteiger partial charge is 0.156 e. The molecular weight excluding hydrogens is 262 g/mol. The highest BCUT2D eigenvalue weighted by Crippen LogP contribution is 2.27. The van der Waals surface area contributed by atoms with Crippen LogP contribution in [0.3, 0.4) is 0 Å². The van der Waals surface area contributed by atoms with Crippen LogP contribution in [0.15, 0.2) is 30.3 Å². The molecule has 0 spiro atoms. The van der Waals surface area contributed by atoms with Crippen LogP contribution in [-0.4, -0.2) is 22.1 Å². The molecule has 2 heterocycles. The molecule has 0 radical (unpaired) electrons. The Balaban J connectivity index is 2.12. The van der Waals surface area contributed by atoms with Crippen LogP contribution >= 0.6 is 11.6 Å². The molecule has 0 atom stereocenters. The number of nitrogens with zero attached hydrogens (tertiary/aromatic N) is 2. The molecule has 0 saturated heterocycles. The van der Waals surface area contributed by atoms with Crippen LogP contribution in [-0.2, 0) is 0 Å². The number of methoxy groups -OCH3 is 1. The second-order valence-electron chi connectivity index (χ2n) is 4.23. The molecule has 2 aromatic heterocycles. The molecule has 0 amide bonds. The summed E-state index contributed by atoms with van der Waals surface area (Å²) in [6.45, 7) is 1.82. The number of ether oxygens (including phenoxy) is 1. The number of aromatic amines is 1. The van der Waals surface area contributed by atoms with Crippen LogP contribution in [0, 0.1) is 6.92 Å². The maximum Gasteiger partial charge on any atom is 0.156 e. The summed E-state index contributed by atoms with van der Waals surface area (Å²) in [5.74, 6) is 1.49. The SMILES string of the molecule is COc1ccc(-c2cc3nc(C)nc(Cl)c3[nH]2)cc1. The van der Waals surface area contributed by atoms with Gasteiger partial charge in [-0.2, -0.15) is 0 Å². The Morgan fingerprint density at radius 2 is 1.89 bits per heavy atom. The average Bonchev–Trinajstić information content (AvgIpc) is 2.83. The number of rotatable bonds is 2. The van der Waals surface area contributed by atoms with Gasteiger partial charge in [0.2, 0.25) is 0 Å². The summed E-state index contributed by atoms with van der Waals surface area (Å²) in [6, 6.07) is 9.77. The van der Waals surface area contributed by atoms with Crippen LogP contribution < -0.4 is 4.74 Å². The molecular formula is C14H12ClN3O. The fourth-order valence-corrected chi connectivity index (χ4v) is 2.28. The maximum atomic E-state index is 6.11. The van der Waals surface area contributed by atoms with E-state index in [1.54, 1.807) is 7.11 Å². The van der Waals surface area contributed by atoms with E-state index in [4.69, 9.17) is 16.3 Å². The topological polar surface area (TPSA) is 50.8 Å². The van der Waals surface area contributed by atoms with Crippen molar-refractivity contribution in [2.24, 2.45) is 0 Å². The summed E-state index contributed by atoms with van der Waals surface area (Å²) < 4.78 is 5.15. The quantitative estimate of drug-likeness (QED) is 0.726. The van der Waals surface area contributed by atoms with Crippen LogP contribution in [0.1, 0.15) is 5.82 Å². The molecule has 5 heteroatoms. The van der Waals surface area contributed by atoms with Crippen molar-refractivity contribution in [2.75, 3.05) is 7.11 Å². The number of hydrogen-bond donors (Lipinski definition) is 1. The molecule has 3 aromatic rings. The molecule has 0 aliphatic heterocycles. The molecule has 0 bridgehead atoms. The lowest BCUT2D eigenvalue weighted by molar-refractivity contribution is 0.415. The Morgan fingerprint density at radius 3 is 2.58 bits per heavy atom. The van der Waals surface area contributed by atoms with Gasteiger partial charge in [0.25, 0.3) is 0 Å². The molecule has 0 aliphatic rings. The Bertz CT molecular complexity index is 734. The molecule has 1 aromatic carbocycles. The highest BCUT2D eigenvalue weighted by Gasteiger charge is 2.09. The summed E-state index contributed by atoms with van der Waals surface area (Å²) in [5, 5.41) is 0.447. The Labute approximate surface area is 115 Å². The number of H-pyrrole nitrogens is 1. The van der Waals surface area contributed by atoms with Crippen LogP contribution in [0.5, 0.6) is 5.75 Å². The van der Waals surface area contributed by atoms with Crippen molar-refractivity contribution in [1.82, 2.24) is 15.0 Å². The van der Waals surface area contributed by atoms with Gasteiger partial charge in [0, 0.05) is 5.69 Å². The van der Waals surface area contributed by atoms with Crippen molar-refractivity contribution in [3.8, 4) is 17.0 Å². The van der Waals surface area contributed by atoms with Crippen molar-refractivity contribution >= 4 is 22.6 Å². The lowest BCUT2D eigenvalue weighted by Gasteiger charge is -2.01. The zero-order valence-electron chi connectivity index (χ0n) is 10.6. The first-order chi connectivity index (χ1) is 9.17. The zero-order chi connectivity index (χ0) is 13.4. The van der Waals surface area contributed by atoms with E-state index in [1.165, 1.54) is 0 Å². The third-order valence-corrected chi connectivity index (χ3v) is 3.22. The standard InChI is InChI=1S/C14H12ClN3O/c1-8-16-12-7-11(18-13(12)14(15)17-8)9-3-5-10(19-2)6-4-9/h3-7,18H,1-2H3. The zero-order valence-corrected chi connectivity index (χ0v) is 11.3. The van der Waals surface area contributed by atoms with Crippen molar-refractivity contribution in [1.29, 1.82) is 0 Å². The monoisotopic (exact) mass is 273 g/mol. The first kappa shape index (κ1) is 12.0. The number of aromatic nitrogens is 3. The van der Waals surface area contributed by atoms with Crippen molar-refractivity contribution in [2.45, 2.75) is 6.92 Å². The van der Waals surface area contributed by atoms with Gasteiger partial charge in [0.05, 0.1) is 12.6 Å². The first-order valence-corrected chi connectivity index (χ1v) is 6.22. The van der Waals surface area contributed by atoms with Crippen molar-refractivity contribution in [3.05, 3.63) is 41.3 Å². The Hall–Kier alpha value is -2.07. The minimum absolute atomic E-state index is 0.447. The van der Waals surface area contributed by atoms with E-state index in [0.29, 0.717) is 11.0 Å². The van der Waals surface area contributed by atoms with Gasteiger partial charge >= 0.3 is 0 Å². The first-order valence-electron chi connectivity index (χ1n) is 5.84. The Kier molecular flexibility index (Phi) is 2.87.